The topological polar surface area (TPSA) is 392 Å². The van der Waals surface area contributed by atoms with Crippen molar-refractivity contribution >= 4 is 84.4 Å². The Morgan fingerprint density at radius 2 is 0.859 bits per heavy atom. The molecule has 0 aliphatic carbocycles. The molecule has 23 nitrogen and oxygen atoms in total. The van der Waals surface area contributed by atoms with Crippen LogP contribution in [0.4, 0.5) is 0 Å². The molecule has 0 unspecified atom stereocenters. The highest BCUT2D eigenvalue weighted by atomic mass is 32.1. The lowest BCUT2D eigenvalue weighted by Crippen LogP contribution is -2.61. The van der Waals surface area contributed by atoms with Gasteiger partial charge in [-0.05, 0) is 29.5 Å². The number of carbonyl (C=O) groups excluding carboxylic acids is 8. The molecule has 0 fully saturated rings. The van der Waals surface area contributed by atoms with Crippen LogP contribution in [0.3, 0.4) is 0 Å². The summed E-state index contributed by atoms with van der Waals surface area (Å²) in [7, 11) is 0. The molecule has 3 aromatic rings. The van der Waals surface area contributed by atoms with Gasteiger partial charge in [-0.2, -0.15) is 25.3 Å². The Morgan fingerprint density at radius 3 is 1.23 bits per heavy atom. The summed E-state index contributed by atoms with van der Waals surface area (Å²) in [5, 5.41) is 47.1. The lowest BCUT2D eigenvalue weighted by molar-refractivity contribution is -0.141. The first kappa shape index (κ1) is 58.1. The third-order valence-electron chi connectivity index (χ3n) is 10.5. The van der Waals surface area contributed by atoms with E-state index >= 15 is 0 Å². The molecule has 71 heavy (non-hydrogen) atoms. The van der Waals surface area contributed by atoms with Gasteiger partial charge in [0.05, 0.1) is 19.1 Å². The predicted octanol–water partition coefficient (Wildman–Crippen LogP) is -3.49. The van der Waals surface area contributed by atoms with Crippen molar-refractivity contribution in [3.63, 3.8) is 0 Å². The van der Waals surface area contributed by atoms with E-state index in [1.807, 2.05) is 0 Å². The number of primary amides is 1. The number of nitrogens with two attached hydrogens (primary N) is 3. The molecule has 384 valence electrons. The number of carboxylic acid groups (broad SMARTS) is 1. The van der Waals surface area contributed by atoms with Gasteiger partial charge in [-0.1, -0.05) is 91.0 Å². The van der Waals surface area contributed by atoms with Gasteiger partial charge in [-0.15, -0.1) is 0 Å². The Bertz CT molecular complexity index is 2290. The Morgan fingerprint density at radius 1 is 0.507 bits per heavy atom. The van der Waals surface area contributed by atoms with Gasteiger partial charge in [0, 0.05) is 37.3 Å². The normalized spacial score (nSPS) is 14.2. The molecule has 0 aliphatic rings. The van der Waals surface area contributed by atoms with Crippen molar-refractivity contribution in [2.75, 3.05) is 24.7 Å². The molecule has 0 saturated carbocycles. The van der Waals surface area contributed by atoms with E-state index in [-0.39, 0.29) is 56.1 Å². The molecule has 0 aliphatic heterocycles. The smallest absolute Gasteiger partial charge is 0.327 e. The molecule has 17 N–H and O–H groups in total. The summed E-state index contributed by atoms with van der Waals surface area (Å²) in [5.74, 6) is -9.67. The van der Waals surface area contributed by atoms with Crippen molar-refractivity contribution in [3.8, 4) is 0 Å². The van der Waals surface area contributed by atoms with Crippen LogP contribution in [0.25, 0.3) is 0 Å². The van der Waals surface area contributed by atoms with Crippen LogP contribution in [0.5, 0.6) is 0 Å². The molecule has 25 heteroatoms. The minimum Gasteiger partial charge on any atom is -0.480 e. The Labute approximate surface area is 420 Å². The molecular formula is C46H62N12O11S2. The number of aliphatic hydroxyl groups excluding tert-OH is 1. The average molecular weight is 1020 g/mol. The van der Waals surface area contributed by atoms with E-state index in [0.29, 0.717) is 16.7 Å². The molecule has 0 bridgehead atoms. The van der Waals surface area contributed by atoms with E-state index in [0.717, 1.165) is 0 Å². The minimum absolute atomic E-state index is 0.0190. The number of carboxylic acids is 1. The van der Waals surface area contributed by atoms with Crippen LogP contribution in [0, 0.1) is 5.41 Å². The van der Waals surface area contributed by atoms with E-state index in [9.17, 15) is 53.4 Å². The lowest BCUT2D eigenvalue weighted by atomic mass is 10.0. The van der Waals surface area contributed by atoms with Gasteiger partial charge in [-0.25, -0.2) is 4.79 Å². The molecular weight excluding hydrogens is 961 g/mol. The van der Waals surface area contributed by atoms with Crippen LogP contribution < -0.4 is 59.7 Å². The zero-order valence-corrected chi connectivity index (χ0v) is 40.3. The first-order chi connectivity index (χ1) is 33.8. The third-order valence-corrected chi connectivity index (χ3v) is 11.3. The van der Waals surface area contributed by atoms with Crippen LogP contribution in [-0.2, 0) is 62.4 Å². The quantitative estimate of drug-likeness (QED) is 0.0134. The van der Waals surface area contributed by atoms with Crippen LogP contribution in [-0.4, -0.2) is 142 Å². The first-order valence-electron chi connectivity index (χ1n) is 22.3. The number of aliphatic hydroxyl groups is 1. The Balaban J connectivity index is 1.92. The molecule has 8 amide bonds. The first-order valence-corrected chi connectivity index (χ1v) is 23.5. The molecule has 3 rings (SSSR count). The van der Waals surface area contributed by atoms with Crippen molar-refractivity contribution in [1.29, 1.82) is 5.41 Å². The second-order valence-corrected chi connectivity index (χ2v) is 16.9. The van der Waals surface area contributed by atoms with Gasteiger partial charge in [0.15, 0.2) is 5.96 Å². The van der Waals surface area contributed by atoms with Crippen molar-refractivity contribution in [2.24, 2.45) is 17.2 Å². The second-order valence-electron chi connectivity index (χ2n) is 16.1. The fourth-order valence-electron chi connectivity index (χ4n) is 6.76. The number of amides is 8. The monoisotopic (exact) mass is 1020 g/mol. The number of hydrogen-bond donors (Lipinski definition) is 16. The summed E-state index contributed by atoms with van der Waals surface area (Å²) in [6, 6.07) is 13.6. The van der Waals surface area contributed by atoms with E-state index in [1.54, 1.807) is 91.0 Å². The number of nitrogens with one attached hydrogen (secondary N) is 9. The number of thiol groups is 2. The maximum absolute atomic E-state index is 14.4. The highest BCUT2D eigenvalue weighted by Gasteiger charge is 2.35. The Kier molecular flexibility index (Phi) is 24.9. The fraction of sp³-hybridized carbons (Fsp3) is 0.391. The average Bonchev–Trinajstić information content (AvgIpc) is 3.34. The Hall–Kier alpha value is -7.22. The summed E-state index contributed by atoms with van der Waals surface area (Å²) in [5.41, 5.74) is 18.4. The fourth-order valence-corrected chi connectivity index (χ4v) is 7.17. The number of carbonyl (C=O) groups is 9. The number of hydrogen-bond acceptors (Lipinski definition) is 14. The van der Waals surface area contributed by atoms with Crippen LogP contribution in [0.2, 0.25) is 0 Å². The van der Waals surface area contributed by atoms with E-state index in [1.165, 1.54) is 0 Å². The lowest BCUT2D eigenvalue weighted by Gasteiger charge is -2.27. The number of aliphatic carboxylic acids is 1. The molecule has 0 heterocycles. The van der Waals surface area contributed by atoms with E-state index in [2.05, 4.69) is 67.8 Å². The van der Waals surface area contributed by atoms with Crippen LogP contribution >= 0.6 is 25.3 Å². The van der Waals surface area contributed by atoms with Gasteiger partial charge in [-0.3, -0.25) is 43.8 Å². The summed E-state index contributed by atoms with van der Waals surface area (Å²) in [4.78, 5) is 120. The summed E-state index contributed by atoms with van der Waals surface area (Å²) in [6.07, 6.45) is -1.02. The van der Waals surface area contributed by atoms with Gasteiger partial charge >= 0.3 is 5.97 Å². The van der Waals surface area contributed by atoms with E-state index < -0.39 is 115 Å². The van der Waals surface area contributed by atoms with Gasteiger partial charge < -0.3 is 69.9 Å². The van der Waals surface area contributed by atoms with Crippen LogP contribution in [0.15, 0.2) is 91.0 Å². The van der Waals surface area contributed by atoms with Gasteiger partial charge in [0.2, 0.25) is 47.3 Å². The third kappa shape index (κ3) is 20.7. The van der Waals surface area contributed by atoms with Gasteiger partial charge in [0.1, 0.15) is 42.3 Å². The molecule has 0 spiro atoms. The molecule has 0 saturated heterocycles. The highest BCUT2D eigenvalue weighted by Crippen LogP contribution is 2.11. The van der Waals surface area contributed by atoms with E-state index in [4.69, 9.17) is 22.6 Å². The van der Waals surface area contributed by atoms with Crippen molar-refractivity contribution in [2.45, 2.75) is 86.9 Å². The van der Waals surface area contributed by atoms with Gasteiger partial charge in [0.25, 0.3) is 0 Å². The maximum Gasteiger partial charge on any atom is 0.327 e. The summed E-state index contributed by atoms with van der Waals surface area (Å²) in [6.45, 7) is -0.881. The number of benzene rings is 3. The van der Waals surface area contributed by atoms with Crippen molar-refractivity contribution in [1.82, 2.24) is 42.5 Å². The van der Waals surface area contributed by atoms with Crippen molar-refractivity contribution in [3.05, 3.63) is 108 Å². The second kappa shape index (κ2) is 30.4. The molecule has 8 atom stereocenters. The minimum atomic E-state index is -1.81. The number of guanidine groups is 1. The zero-order chi connectivity index (χ0) is 52.5. The van der Waals surface area contributed by atoms with Crippen molar-refractivity contribution < 1.29 is 53.4 Å². The predicted molar refractivity (Wildman–Crippen MR) is 267 cm³/mol. The largest absolute Gasteiger partial charge is 0.480 e. The maximum atomic E-state index is 14.4. The highest BCUT2D eigenvalue weighted by molar-refractivity contribution is 7.80. The molecule has 3 aromatic carbocycles. The summed E-state index contributed by atoms with van der Waals surface area (Å²) < 4.78 is 0. The number of rotatable bonds is 30. The summed E-state index contributed by atoms with van der Waals surface area (Å²) >= 11 is 8.02. The molecule has 0 aromatic heterocycles. The zero-order valence-electron chi connectivity index (χ0n) is 38.5. The van der Waals surface area contributed by atoms with Crippen LogP contribution in [0.1, 0.15) is 36.0 Å². The standard InChI is InChI=1S/C46H62N12O11S2/c47-29(24-70)38(61)52-30(17-10-18-51-46(49)50)39(62)53-31(19-26-11-4-1-5-12-26)40(63)54-32(20-27-13-6-2-7-14-27)41(64)56-34(22-37(48)60)43(66)57-35(23-59)44(67)55-33(21-28-15-8-3-9-16-28)42(65)58-36(25-71)45(68)69/h1-9,11-16,29-36,59,70-71H,10,17-25,47H2,(H2,48,60)(H,52,61)(H,53,62)(H,54,63)(H,55,67)(H,56,64)(H,57,66)(H,58,65)(H,68,69)(H4,49,50,51)/t29-,30-,31-,32-,33-,34-,35-,36-/m0/s1. The SMILES string of the molecule is N=C(N)NCCC[C@H](NC(=O)[C@@H](N)CS)C(=O)N[C@@H](Cc1ccccc1)C(=O)N[C@@H](Cc1ccccc1)C(=O)N[C@@H](CC(N)=O)C(=O)N[C@@H](CO)C(=O)N[C@@H](Cc1ccccc1)C(=O)N[C@@H](CS)C(=O)O. The molecule has 0 radical (unpaired) electrons.